The van der Waals surface area contributed by atoms with Crippen molar-refractivity contribution in [2.45, 2.75) is 66.9 Å². The summed E-state index contributed by atoms with van der Waals surface area (Å²) in [4.78, 5) is 12.3. The molecule has 2 heteroatoms. The number of rotatable bonds is 6. The van der Waals surface area contributed by atoms with Gasteiger partial charge in [-0.05, 0) is 50.2 Å². The lowest BCUT2D eigenvalue weighted by atomic mass is 9.75. The lowest BCUT2D eigenvalue weighted by Gasteiger charge is -2.39. The number of hydrogen-bond acceptors (Lipinski definition) is 2. The number of carbonyl (C=O) groups excluding carboxylic acids is 1. The van der Waals surface area contributed by atoms with Gasteiger partial charge in [-0.25, -0.2) is 0 Å². The molecule has 0 unspecified atom stereocenters. The second kappa shape index (κ2) is 9.85. The molecule has 0 aliphatic carbocycles. The Morgan fingerprint density at radius 1 is 0.926 bits per heavy atom. The average Bonchev–Trinajstić information content (AvgIpc) is 2.68. The minimum atomic E-state index is -0.0122. The van der Waals surface area contributed by atoms with Crippen molar-refractivity contribution < 1.29 is 9.53 Å². The highest BCUT2D eigenvalue weighted by Crippen LogP contribution is 2.35. The number of hydrogen-bond donors (Lipinski definition) is 0. The van der Waals surface area contributed by atoms with Crippen LogP contribution >= 0.6 is 0 Å². The predicted octanol–water partition coefficient (Wildman–Crippen LogP) is 6.64. The summed E-state index contributed by atoms with van der Waals surface area (Å²) in [5, 5.41) is 0. The zero-order valence-electron chi connectivity index (χ0n) is 18.3. The van der Waals surface area contributed by atoms with Crippen LogP contribution in [0, 0.1) is 12.3 Å². The van der Waals surface area contributed by atoms with Gasteiger partial charge in [0.25, 0.3) is 0 Å². The molecule has 0 amide bonds. The largest absolute Gasteiger partial charge is 0.378 e. The number of methoxy groups -OCH3 is 1. The third kappa shape index (κ3) is 6.04. The number of ether oxygens (including phenoxy) is 1. The van der Waals surface area contributed by atoms with Crippen LogP contribution in [0.25, 0.3) is 0 Å². The average molecular weight is 369 g/mol. The highest BCUT2D eigenvalue weighted by atomic mass is 16.5. The van der Waals surface area contributed by atoms with E-state index in [0.717, 1.165) is 29.5 Å². The van der Waals surface area contributed by atoms with Gasteiger partial charge in [-0.3, -0.25) is 4.79 Å². The van der Waals surface area contributed by atoms with Gasteiger partial charge in [-0.15, -0.1) is 0 Å². The molecule has 2 aromatic carbocycles. The lowest BCUT2D eigenvalue weighted by molar-refractivity contribution is -0.0723. The monoisotopic (exact) mass is 368 g/mol. The topological polar surface area (TPSA) is 26.3 Å². The first-order chi connectivity index (χ1) is 12.6. The maximum Gasteiger partial charge on any atom is 0.193 e. The summed E-state index contributed by atoms with van der Waals surface area (Å²) >= 11 is 0. The van der Waals surface area contributed by atoms with Gasteiger partial charge in [0, 0.05) is 18.2 Å². The van der Waals surface area contributed by atoms with Crippen LogP contribution in [-0.4, -0.2) is 18.5 Å². The second-order valence-electron chi connectivity index (χ2n) is 8.15. The molecule has 0 N–H and O–H groups in total. The number of benzene rings is 2. The smallest absolute Gasteiger partial charge is 0.193 e. The van der Waals surface area contributed by atoms with E-state index in [4.69, 9.17) is 4.74 Å². The fourth-order valence-electron chi connectivity index (χ4n) is 2.58. The van der Waals surface area contributed by atoms with Gasteiger partial charge in [0.05, 0.1) is 5.60 Å². The van der Waals surface area contributed by atoms with Crippen LogP contribution in [0.4, 0.5) is 0 Å². The summed E-state index contributed by atoms with van der Waals surface area (Å²) in [6.07, 6.45) is 2.15. The van der Waals surface area contributed by atoms with Crippen molar-refractivity contribution in [2.75, 3.05) is 7.11 Å². The van der Waals surface area contributed by atoms with Crippen molar-refractivity contribution in [1.29, 1.82) is 0 Å². The molecule has 0 heterocycles. The van der Waals surface area contributed by atoms with E-state index in [9.17, 15) is 4.79 Å². The third-order valence-corrected chi connectivity index (χ3v) is 6.04. The first-order valence-corrected chi connectivity index (χ1v) is 9.84. The summed E-state index contributed by atoms with van der Waals surface area (Å²) in [5.74, 6) is 0.103. The molecule has 0 saturated carbocycles. The Bertz CT molecular complexity index is 710. The molecule has 0 radical (unpaired) electrons. The summed E-state index contributed by atoms with van der Waals surface area (Å²) in [6.45, 7) is 15.0. The Kier molecular flexibility index (Phi) is 8.43. The van der Waals surface area contributed by atoms with Gasteiger partial charge >= 0.3 is 0 Å². The molecule has 0 atom stereocenters. The SMILES string of the molecule is CCC(C)(C)C(C)(C)OC.CCc1ccc(C(=O)c2ccccc2C)cc1. The molecule has 2 rings (SSSR count). The van der Waals surface area contributed by atoms with Crippen molar-refractivity contribution in [3.63, 3.8) is 0 Å². The molecule has 0 aliphatic rings. The summed E-state index contributed by atoms with van der Waals surface area (Å²) in [7, 11) is 1.78. The zero-order valence-corrected chi connectivity index (χ0v) is 18.3. The van der Waals surface area contributed by atoms with Crippen LogP contribution < -0.4 is 0 Å². The van der Waals surface area contributed by atoms with E-state index in [1.807, 2.05) is 55.5 Å². The maximum absolute atomic E-state index is 12.3. The molecule has 148 valence electrons. The summed E-state index contributed by atoms with van der Waals surface area (Å²) in [6, 6.07) is 15.6. The Morgan fingerprint density at radius 2 is 1.48 bits per heavy atom. The number of aryl methyl sites for hydroxylation is 2. The van der Waals surface area contributed by atoms with Crippen molar-refractivity contribution in [3.05, 3.63) is 70.8 Å². The van der Waals surface area contributed by atoms with Crippen LogP contribution in [0.1, 0.15) is 75.0 Å². The molecule has 0 bridgehead atoms. The molecule has 0 spiro atoms. The number of carbonyl (C=O) groups is 1. The van der Waals surface area contributed by atoms with Crippen molar-refractivity contribution >= 4 is 5.78 Å². The summed E-state index contributed by atoms with van der Waals surface area (Å²) in [5.41, 5.74) is 4.08. The van der Waals surface area contributed by atoms with Crippen LogP contribution in [0.2, 0.25) is 0 Å². The molecule has 0 saturated heterocycles. The van der Waals surface area contributed by atoms with E-state index in [1.165, 1.54) is 5.56 Å². The van der Waals surface area contributed by atoms with Gasteiger partial charge in [-0.2, -0.15) is 0 Å². The van der Waals surface area contributed by atoms with Crippen molar-refractivity contribution in [2.24, 2.45) is 5.41 Å². The Balaban J connectivity index is 0.000000314. The minimum absolute atomic E-state index is 0.0122. The zero-order chi connectivity index (χ0) is 20.7. The summed E-state index contributed by atoms with van der Waals surface area (Å²) < 4.78 is 5.39. The molecular formula is C25H36O2. The Labute approximate surface area is 166 Å². The molecule has 2 aromatic rings. The lowest BCUT2D eigenvalue weighted by Crippen LogP contribution is -2.40. The standard InChI is InChI=1S/C16H16O.C9H20O/c1-3-13-8-10-14(11-9-13)16(17)15-7-5-4-6-12(15)2;1-7-8(2,3)9(4,5)10-6/h4-11H,3H2,1-2H3;7H2,1-6H3. The quantitative estimate of drug-likeness (QED) is 0.534. The minimum Gasteiger partial charge on any atom is -0.378 e. The third-order valence-electron chi connectivity index (χ3n) is 6.04. The van der Waals surface area contributed by atoms with Gasteiger partial charge in [0.15, 0.2) is 5.78 Å². The van der Waals surface area contributed by atoms with E-state index >= 15 is 0 Å². The van der Waals surface area contributed by atoms with Gasteiger partial charge in [0.2, 0.25) is 0 Å². The molecule has 0 aromatic heterocycles. The fourth-order valence-corrected chi connectivity index (χ4v) is 2.58. The maximum atomic E-state index is 12.3. The highest BCUT2D eigenvalue weighted by Gasteiger charge is 2.35. The van der Waals surface area contributed by atoms with Gasteiger partial charge < -0.3 is 4.74 Å². The molecule has 0 fully saturated rings. The second-order valence-corrected chi connectivity index (χ2v) is 8.15. The van der Waals surface area contributed by atoms with Crippen LogP contribution in [0.5, 0.6) is 0 Å². The van der Waals surface area contributed by atoms with Gasteiger partial charge in [-0.1, -0.05) is 76.2 Å². The molecule has 0 aliphatic heterocycles. The first-order valence-electron chi connectivity index (χ1n) is 9.84. The van der Waals surface area contributed by atoms with Crippen molar-refractivity contribution in [1.82, 2.24) is 0 Å². The number of ketones is 1. The first kappa shape index (κ1) is 23.1. The predicted molar refractivity (Wildman–Crippen MR) is 116 cm³/mol. The normalized spacial score (nSPS) is 11.6. The molecular weight excluding hydrogens is 332 g/mol. The molecule has 2 nitrogen and oxygen atoms in total. The van der Waals surface area contributed by atoms with Crippen LogP contribution in [-0.2, 0) is 11.2 Å². The molecule has 27 heavy (non-hydrogen) atoms. The Morgan fingerprint density at radius 3 is 1.89 bits per heavy atom. The van der Waals surface area contributed by atoms with E-state index in [1.54, 1.807) is 7.11 Å². The Hall–Kier alpha value is -1.93. The van der Waals surface area contributed by atoms with Crippen LogP contribution in [0.15, 0.2) is 48.5 Å². The van der Waals surface area contributed by atoms with Crippen LogP contribution in [0.3, 0.4) is 0 Å². The van der Waals surface area contributed by atoms with E-state index in [2.05, 4.69) is 41.5 Å². The van der Waals surface area contributed by atoms with E-state index in [0.29, 0.717) is 0 Å². The van der Waals surface area contributed by atoms with Crippen molar-refractivity contribution in [3.8, 4) is 0 Å². The highest BCUT2D eigenvalue weighted by molar-refractivity contribution is 6.09. The van der Waals surface area contributed by atoms with Gasteiger partial charge in [0.1, 0.15) is 0 Å². The van der Waals surface area contributed by atoms with E-state index < -0.39 is 0 Å². The van der Waals surface area contributed by atoms with E-state index in [-0.39, 0.29) is 16.8 Å². The fraction of sp³-hybridized carbons (Fsp3) is 0.480.